The maximum absolute atomic E-state index is 5.75. The zero-order chi connectivity index (χ0) is 11.0. The molecule has 2 aromatic heterocycles. The highest BCUT2D eigenvalue weighted by Gasteiger charge is 2.05. The van der Waals surface area contributed by atoms with Crippen LogP contribution in [-0.4, -0.2) is 4.98 Å². The number of hydrogen-bond donors (Lipinski definition) is 1. The lowest BCUT2D eigenvalue weighted by Crippen LogP contribution is -1.83. The second-order valence-electron chi connectivity index (χ2n) is 3.64. The van der Waals surface area contributed by atoms with Gasteiger partial charge in [-0.1, -0.05) is 0 Å². The van der Waals surface area contributed by atoms with E-state index in [-0.39, 0.29) is 0 Å². The zero-order valence-corrected chi connectivity index (χ0v) is 10.1. The number of hydrogen-bond acceptors (Lipinski definition) is 4. The van der Waals surface area contributed by atoms with E-state index in [9.17, 15) is 0 Å². The molecule has 0 saturated heterocycles. The van der Waals surface area contributed by atoms with Crippen LogP contribution in [0.3, 0.4) is 0 Å². The number of thiazole rings is 1. The number of fused-ring (bicyclic) bond motifs is 1. The van der Waals surface area contributed by atoms with Crippen molar-refractivity contribution >= 4 is 38.6 Å². The smallest absolute Gasteiger partial charge is 0.0982 e. The number of benzene rings is 1. The van der Waals surface area contributed by atoms with Crippen LogP contribution < -0.4 is 5.73 Å². The summed E-state index contributed by atoms with van der Waals surface area (Å²) in [6.07, 6.45) is 0.919. The molecule has 2 nitrogen and oxygen atoms in total. The third kappa shape index (κ3) is 1.81. The molecule has 0 radical (unpaired) electrons. The lowest BCUT2D eigenvalue weighted by atomic mass is 10.2. The van der Waals surface area contributed by atoms with Crippen molar-refractivity contribution in [2.75, 3.05) is 5.73 Å². The summed E-state index contributed by atoms with van der Waals surface area (Å²) in [5, 5.41) is 5.42. The molecule has 0 aliphatic carbocycles. The van der Waals surface area contributed by atoms with Gasteiger partial charge in [0.1, 0.15) is 0 Å². The van der Waals surface area contributed by atoms with Crippen LogP contribution >= 0.6 is 22.7 Å². The third-order valence-corrected chi connectivity index (χ3v) is 4.14. The molecule has 0 amide bonds. The van der Waals surface area contributed by atoms with Crippen LogP contribution in [-0.2, 0) is 6.42 Å². The van der Waals surface area contributed by atoms with Gasteiger partial charge in [0, 0.05) is 12.1 Å². The predicted molar refractivity (Wildman–Crippen MR) is 71.2 cm³/mol. The van der Waals surface area contributed by atoms with Crippen LogP contribution in [0, 0.1) is 0 Å². The average Bonchev–Trinajstić information content (AvgIpc) is 2.86. The summed E-state index contributed by atoms with van der Waals surface area (Å²) in [5.41, 5.74) is 8.93. The molecular formula is C12H10N2S2. The topological polar surface area (TPSA) is 38.9 Å². The highest BCUT2D eigenvalue weighted by molar-refractivity contribution is 7.18. The van der Waals surface area contributed by atoms with Crippen LogP contribution in [0.25, 0.3) is 10.2 Å². The molecule has 3 rings (SSSR count). The van der Waals surface area contributed by atoms with E-state index in [1.54, 1.807) is 22.7 Å². The molecule has 2 N–H and O–H groups in total. The summed E-state index contributed by atoms with van der Waals surface area (Å²) >= 11 is 3.45. The molecule has 80 valence electrons. The lowest BCUT2D eigenvalue weighted by Gasteiger charge is -1.89. The van der Waals surface area contributed by atoms with Crippen LogP contribution in [0.2, 0.25) is 0 Å². The summed E-state index contributed by atoms with van der Waals surface area (Å²) in [5.74, 6) is 0. The molecule has 0 aliphatic heterocycles. The van der Waals surface area contributed by atoms with Gasteiger partial charge in [-0.15, -0.1) is 11.3 Å². The first-order chi connectivity index (χ1) is 7.81. The molecule has 16 heavy (non-hydrogen) atoms. The maximum Gasteiger partial charge on any atom is 0.0982 e. The number of rotatable bonds is 2. The Kier molecular flexibility index (Phi) is 2.38. The normalized spacial score (nSPS) is 11.0. The third-order valence-electron chi connectivity index (χ3n) is 2.39. The van der Waals surface area contributed by atoms with Gasteiger partial charge in [-0.3, -0.25) is 0 Å². The fraction of sp³-hybridized carbons (Fsp3) is 0.0833. The molecule has 4 heteroatoms. The van der Waals surface area contributed by atoms with Gasteiger partial charge in [0.05, 0.1) is 15.2 Å². The van der Waals surface area contributed by atoms with Gasteiger partial charge in [0.15, 0.2) is 0 Å². The fourth-order valence-electron chi connectivity index (χ4n) is 1.63. The Bertz CT molecular complexity index is 611. The Labute approximate surface area is 101 Å². The molecule has 0 aliphatic rings. The molecule has 0 unspecified atom stereocenters. The van der Waals surface area contributed by atoms with Gasteiger partial charge >= 0.3 is 0 Å². The lowest BCUT2D eigenvalue weighted by molar-refractivity contribution is 1.17. The average molecular weight is 246 g/mol. The Morgan fingerprint density at radius 2 is 2.19 bits per heavy atom. The van der Waals surface area contributed by atoms with Crippen molar-refractivity contribution in [1.29, 1.82) is 0 Å². The quantitative estimate of drug-likeness (QED) is 0.702. The number of nitrogen functional groups attached to an aromatic ring is 1. The van der Waals surface area contributed by atoms with Crippen molar-refractivity contribution in [3.63, 3.8) is 0 Å². The van der Waals surface area contributed by atoms with E-state index in [1.165, 1.54) is 10.3 Å². The van der Waals surface area contributed by atoms with E-state index < -0.39 is 0 Å². The minimum Gasteiger partial charge on any atom is -0.399 e. The minimum atomic E-state index is 0.804. The monoisotopic (exact) mass is 246 g/mol. The highest BCUT2D eigenvalue weighted by atomic mass is 32.1. The number of nitrogens with zero attached hydrogens (tertiary/aromatic N) is 1. The van der Waals surface area contributed by atoms with E-state index in [0.717, 1.165) is 22.6 Å². The molecular weight excluding hydrogens is 236 g/mol. The molecule has 0 fully saturated rings. The summed E-state index contributed by atoms with van der Waals surface area (Å²) in [7, 11) is 0. The van der Waals surface area contributed by atoms with Crippen molar-refractivity contribution in [2.45, 2.75) is 6.42 Å². The first kappa shape index (κ1) is 9.81. The maximum atomic E-state index is 5.75. The van der Waals surface area contributed by atoms with E-state index in [4.69, 9.17) is 5.73 Å². The fourth-order valence-corrected chi connectivity index (χ4v) is 3.35. The van der Waals surface area contributed by atoms with E-state index >= 15 is 0 Å². The first-order valence-electron chi connectivity index (χ1n) is 4.97. The van der Waals surface area contributed by atoms with Crippen LogP contribution in [0.4, 0.5) is 5.69 Å². The predicted octanol–water partition coefficient (Wildman–Crippen LogP) is 3.53. The van der Waals surface area contributed by atoms with Crippen molar-refractivity contribution in [3.05, 3.63) is 45.6 Å². The van der Waals surface area contributed by atoms with Crippen LogP contribution in [0.1, 0.15) is 10.6 Å². The summed E-state index contributed by atoms with van der Waals surface area (Å²) in [6, 6.07) is 8.02. The van der Waals surface area contributed by atoms with Gasteiger partial charge < -0.3 is 5.73 Å². The summed E-state index contributed by atoms with van der Waals surface area (Å²) < 4.78 is 1.17. The van der Waals surface area contributed by atoms with Gasteiger partial charge in [0.2, 0.25) is 0 Å². The molecule has 2 heterocycles. The van der Waals surface area contributed by atoms with E-state index in [1.807, 2.05) is 18.2 Å². The van der Waals surface area contributed by atoms with Crippen LogP contribution in [0.5, 0.6) is 0 Å². The number of aromatic nitrogens is 1. The Hall–Kier alpha value is -1.39. The first-order valence-corrected chi connectivity index (χ1v) is 6.73. The number of anilines is 1. The van der Waals surface area contributed by atoms with Gasteiger partial charge in [-0.05, 0) is 40.6 Å². The Balaban J connectivity index is 1.99. The number of thiophene rings is 1. The number of nitrogens with two attached hydrogens (primary N) is 1. The second kappa shape index (κ2) is 3.88. The van der Waals surface area contributed by atoms with Crippen molar-refractivity contribution in [2.24, 2.45) is 0 Å². The molecule has 0 bridgehead atoms. The van der Waals surface area contributed by atoms with Gasteiger partial charge in [-0.25, -0.2) is 4.98 Å². The standard InChI is InChI=1S/C12H10N2S2/c13-9-1-2-10-11(6-9)16-12(14-10)5-8-3-4-15-7-8/h1-4,6-7H,5,13H2. The van der Waals surface area contributed by atoms with Crippen molar-refractivity contribution in [1.82, 2.24) is 4.98 Å². The molecule has 1 aromatic carbocycles. The largest absolute Gasteiger partial charge is 0.399 e. The summed E-state index contributed by atoms with van der Waals surface area (Å²) in [4.78, 5) is 4.60. The van der Waals surface area contributed by atoms with Gasteiger partial charge in [-0.2, -0.15) is 11.3 Å². The van der Waals surface area contributed by atoms with E-state index in [0.29, 0.717) is 0 Å². The SMILES string of the molecule is Nc1ccc2nc(Cc3ccsc3)sc2c1. The highest BCUT2D eigenvalue weighted by Crippen LogP contribution is 2.26. The van der Waals surface area contributed by atoms with Crippen molar-refractivity contribution in [3.8, 4) is 0 Å². The molecule has 0 saturated carbocycles. The van der Waals surface area contributed by atoms with Gasteiger partial charge in [0.25, 0.3) is 0 Å². The Morgan fingerprint density at radius 3 is 3.00 bits per heavy atom. The zero-order valence-electron chi connectivity index (χ0n) is 8.51. The second-order valence-corrected chi connectivity index (χ2v) is 5.54. The van der Waals surface area contributed by atoms with Crippen molar-refractivity contribution < 1.29 is 0 Å². The summed E-state index contributed by atoms with van der Waals surface area (Å²) in [6.45, 7) is 0. The molecule has 0 atom stereocenters. The van der Waals surface area contributed by atoms with E-state index in [2.05, 4.69) is 21.8 Å². The molecule has 0 spiro atoms. The minimum absolute atomic E-state index is 0.804. The van der Waals surface area contributed by atoms with Crippen LogP contribution in [0.15, 0.2) is 35.0 Å². The molecule has 3 aromatic rings. The Morgan fingerprint density at radius 1 is 1.25 bits per heavy atom.